The van der Waals surface area contributed by atoms with Gasteiger partial charge in [-0.05, 0) is 62.4 Å². The molecule has 29 heavy (non-hydrogen) atoms. The van der Waals surface area contributed by atoms with Crippen LogP contribution in [0.25, 0.3) is 21.3 Å². The SMILES string of the molecule is COc1ccc(-c2csc3ncnc(N4CCC(CN5CCCC5)CC4)c23)cc1. The first-order valence-corrected chi connectivity index (χ1v) is 11.5. The lowest BCUT2D eigenvalue weighted by atomic mass is 9.96. The lowest BCUT2D eigenvalue weighted by Crippen LogP contribution is -2.38. The van der Waals surface area contributed by atoms with Crippen molar-refractivity contribution in [2.24, 2.45) is 5.92 Å². The number of benzene rings is 1. The van der Waals surface area contributed by atoms with Gasteiger partial charge in [0.1, 0.15) is 22.7 Å². The highest BCUT2D eigenvalue weighted by molar-refractivity contribution is 7.17. The Morgan fingerprint density at radius 3 is 2.52 bits per heavy atom. The third-order valence-electron chi connectivity index (χ3n) is 6.38. The van der Waals surface area contributed by atoms with E-state index in [-0.39, 0.29) is 0 Å². The van der Waals surface area contributed by atoms with Crippen molar-refractivity contribution in [3.63, 3.8) is 0 Å². The maximum absolute atomic E-state index is 5.32. The highest BCUT2D eigenvalue weighted by Gasteiger charge is 2.25. The largest absolute Gasteiger partial charge is 0.497 e. The van der Waals surface area contributed by atoms with E-state index in [0.717, 1.165) is 35.4 Å². The molecule has 2 aromatic heterocycles. The van der Waals surface area contributed by atoms with E-state index in [1.165, 1.54) is 61.8 Å². The number of fused-ring (bicyclic) bond motifs is 1. The van der Waals surface area contributed by atoms with Gasteiger partial charge in [0.15, 0.2) is 0 Å². The van der Waals surface area contributed by atoms with Crippen LogP contribution in [0.5, 0.6) is 5.75 Å². The molecule has 2 fully saturated rings. The van der Waals surface area contributed by atoms with E-state index in [0.29, 0.717) is 0 Å². The topological polar surface area (TPSA) is 41.5 Å². The first kappa shape index (κ1) is 18.8. The van der Waals surface area contributed by atoms with E-state index in [1.54, 1.807) is 24.8 Å². The summed E-state index contributed by atoms with van der Waals surface area (Å²) >= 11 is 1.70. The van der Waals surface area contributed by atoms with E-state index in [4.69, 9.17) is 9.72 Å². The highest BCUT2D eigenvalue weighted by Crippen LogP contribution is 2.39. The Labute approximate surface area is 176 Å². The summed E-state index contributed by atoms with van der Waals surface area (Å²) in [5.74, 6) is 2.80. The van der Waals surface area contributed by atoms with Crippen LogP contribution in [0, 0.1) is 5.92 Å². The van der Waals surface area contributed by atoms with Gasteiger partial charge in [-0.25, -0.2) is 9.97 Å². The Morgan fingerprint density at radius 1 is 1.03 bits per heavy atom. The zero-order valence-corrected chi connectivity index (χ0v) is 17.8. The second kappa shape index (κ2) is 8.28. The van der Waals surface area contributed by atoms with Crippen LogP contribution >= 0.6 is 11.3 Å². The minimum atomic E-state index is 0.824. The van der Waals surface area contributed by atoms with Crippen molar-refractivity contribution in [2.45, 2.75) is 25.7 Å². The minimum absolute atomic E-state index is 0.824. The van der Waals surface area contributed by atoms with Crippen LogP contribution in [0.3, 0.4) is 0 Å². The summed E-state index contributed by atoms with van der Waals surface area (Å²) in [6.07, 6.45) is 6.99. The highest BCUT2D eigenvalue weighted by atomic mass is 32.1. The van der Waals surface area contributed by atoms with Gasteiger partial charge in [0.05, 0.1) is 12.5 Å². The van der Waals surface area contributed by atoms with Crippen LogP contribution in [0.15, 0.2) is 36.0 Å². The summed E-state index contributed by atoms with van der Waals surface area (Å²) in [6, 6.07) is 8.29. The lowest BCUT2D eigenvalue weighted by Gasteiger charge is -2.34. The van der Waals surface area contributed by atoms with Crippen LogP contribution in [0.2, 0.25) is 0 Å². The fraction of sp³-hybridized carbons (Fsp3) is 0.478. The monoisotopic (exact) mass is 408 g/mol. The minimum Gasteiger partial charge on any atom is -0.497 e. The van der Waals surface area contributed by atoms with Crippen LogP contribution < -0.4 is 9.64 Å². The molecule has 4 heterocycles. The van der Waals surface area contributed by atoms with E-state index in [1.807, 2.05) is 12.1 Å². The van der Waals surface area contributed by atoms with Gasteiger partial charge >= 0.3 is 0 Å². The molecule has 2 aliphatic rings. The smallest absolute Gasteiger partial charge is 0.141 e. The molecule has 5 rings (SSSR count). The van der Waals surface area contributed by atoms with E-state index < -0.39 is 0 Å². The molecule has 0 spiro atoms. The average molecular weight is 409 g/mol. The van der Waals surface area contributed by atoms with Crippen molar-refractivity contribution in [1.82, 2.24) is 14.9 Å². The number of hydrogen-bond donors (Lipinski definition) is 0. The summed E-state index contributed by atoms with van der Waals surface area (Å²) in [6.45, 7) is 6.05. The molecule has 2 saturated heterocycles. The van der Waals surface area contributed by atoms with Crippen LogP contribution in [-0.4, -0.2) is 54.7 Å². The lowest BCUT2D eigenvalue weighted by molar-refractivity contribution is 0.249. The summed E-state index contributed by atoms with van der Waals surface area (Å²) in [7, 11) is 1.70. The first-order valence-electron chi connectivity index (χ1n) is 10.7. The van der Waals surface area contributed by atoms with Gasteiger partial charge in [-0.15, -0.1) is 11.3 Å². The summed E-state index contributed by atoms with van der Waals surface area (Å²) in [5, 5.41) is 3.41. The molecule has 0 atom stereocenters. The maximum Gasteiger partial charge on any atom is 0.141 e. The Morgan fingerprint density at radius 2 is 1.79 bits per heavy atom. The summed E-state index contributed by atoms with van der Waals surface area (Å²) in [4.78, 5) is 15.5. The number of ether oxygens (including phenoxy) is 1. The summed E-state index contributed by atoms with van der Waals surface area (Å²) < 4.78 is 5.32. The molecule has 1 aromatic carbocycles. The molecule has 0 aliphatic carbocycles. The van der Waals surface area contributed by atoms with Gasteiger partial charge in [-0.1, -0.05) is 12.1 Å². The second-order valence-electron chi connectivity index (χ2n) is 8.19. The third-order valence-corrected chi connectivity index (χ3v) is 7.27. The first-order chi connectivity index (χ1) is 14.3. The standard InChI is InChI=1S/C23H28N4OS/c1-28-19-6-4-18(5-7-19)20-15-29-23-21(20)22(24-16-25-23)27-12-8-17(9-13-27)14-26-10-2-3-11-26/h4-7,15-17H,2-3,8-14H2,1H3. The number of likely N-dealkylation sites (tertiary alicyclic amines) is 1. The molecule has 6 heteroatoms. The quantitative estimate of drug-likeness (QED) is 0.613. The molecule has 5 nitrogen and oxygen atoms in total. The maximum atomic E-state index is 5.32. The zero-order chi connectivity index (χ0) is 19.6. The molecule has 0 amide bonds. The van der Waals surface area contributed by atoms with Gasteiger partial charge < -0.3 is 14.5 Å². The Bertz CT molecular complexity index is 957. The van der Waals surface area contributed by atoms with Crippen molar-refractivity contribution >= 4 is 27.4 Å². The number of thiophene rings is 1. The van der Waals surface area contributed by atoms with E-state index in [9.17, 15) is 0 Å². The number of anilines is 1. The number of hydrogen-bond acceptors (Lipinski definition) is 6. The van der Waals surface area contributed by atoms with Crippen LogP contribution in [-0.2, 0) is 0 Å². The number of piperidine rings is 1. The normalized spacial score (nSPS) is 18.6. The molecular weight excluding hydrogens is 380 g/mol. The third kappa shape index (κ3) is 3.83. The molecule has 0 unspecified atom stereocenters. The van der Waals surface area contributed by atoms with E-state index >= 15 is 0 Å². The van der Waals surface area contributed by atoms with Gasteiger partial charge in [0.25, 0.3) is 0 Å². The zero-order valence-electron chi connectivity index (χ0n) is 17.0. The molecule has 0 bridgehead atoms. The van der Waals surface area contributed by atoms with Crippen molar-refractivity contribution in [2.75, 3.05) is 44.7 Å². The predicted octanol–water partition coefficient (Wildman–Crippen LogP) is 4.68. The average Bonchev–Trinajstić information content (AvgIpc) is 3.44. The number of methoxy groups -OCH3 is 1. The Balaban J connectivity index is 1.38. The van der Waals surface area contributed by atoms with Crippen molar-refractivity contribution in [1.29, 1.82) is 0 Å². The van der Waals surface area contributed by atoms with E-state index in [2.05, 4.69) is 32.3 Å². The molecule has 3 aromatic rings. The molecule has 2 aliphatic heterocycles. The van der Waals surface area contributed by atoms with Crippen LogP contribution in [0.4, 0.5) is 5.82 Å². The second-order valence-corrected chi connectivity index (χ2v) is 9.05. The van der Waals surface area contributed by atoms with Gasteiger partial charge in [0.2, 0.25) is 0 Å². The number of rotatable bonds is 5. The van der Waals surface area contributed by atoms with Crippen molar-refractivity contribution < 1.29 is 4.74 Å². The van der Waals surface area contributed by atoms with Crippen LogP contribution in [0.1, 0.15) is 25.7 Å². The Kier molecular flexibility index (Phi) is 5.38. The molecule has 0 N–H and O–H groups in total. The summed E-state index contributed by atoms with van der Waals surface area (Å²) in [5.41, 5.74) is 2.42. The van der Waals surface area contributed by atoms with Gasteiger partial charge in [-0.2, -0.15) is 0 Å². The fourth-order valence-electron chi connectivity index (χ4n) is 4.74. The van der Waals surface area contributed by atoms with Crippen molar-refractivity contribution in [3.05, 3.63) is 36.0 Å². The predicted molar refractivity (Wildman–Crippen MR) is 120 cm³/mol. The fourth-order valence-corrected chi connectivity index (χ4v) is 5.65. The van der Waals surface area contributed by atoms with Gasteiger partial charge in [0, 0.05) is 30.6 Å². The molecule has 0 radical (unpaired) electrons. The number of aromatic nitrogens is 2. The number of nitrogens with zero attached hydrogens (tertiary/aromatic N) is 4. The molecular formula is C23H28N4OS. The molecule has 152 valence electrons. The van der Waals surface area contributed by atoms with Gasteiger partial charge in [-0.3, -0.25) is 0 Å². The van der Waals surface area contributed by atoms with Crippen molar-refractivity contribution in [3.8, 4) is 16.9 Å². The molecule has 0 saturated carbocycles. The Hall–Kier alpha value is -2.18.